The van der Waals surface area contributed by atoms with Crippen molar-refractivity contribution in [2.45, 2.75) is 13.2 Å². The minimum atomic E-state index is -0.488. The van der Waals surface area contributed by atoms with Crippen molar-refractivity contribution in [3.63, 3.8) is 0 Å². The third kappa shape index (κ3) is 6.92. The summed E-state index contributed by atoms with van der Waals surface area (Å²) in [5.74, 6) is 0.253. The Kier molecular flexibility index (Phi) is 8.10. The fourth-order valence-electron chi connectivity index (χ4n) is 1.39. The van der Waals surface area contributed by atoms with Crippen molar-refractivity contribution in [3.05, 3.63) is 43.0 Å². The van der Waals surface area contributed by atoms with Gasteiger partial charge in [0, 0.05) is 12.7 Å². The molecule has 1 rings (SSSR count). The van der Waals surface area contributed by atoms with Gasteiger partial charge in [-0.25, -0.2) is 4.79 Å². The second-order valence-corrected chi connectivity index (χ2v) is 3.76. The molecule has 5 nitrogen and oxygen atoms in total. The third-order valence-corrected chi connectivity index (χ3v) is 2.26. The minimum Gasteiger partial charge on any atom is -0.462 e. The maximum Gasteiger partial charge on any atom is 0.330 e. The summed E-state index contributed by atoms with van der Waals surface area (Å²) >= 11 is 0. The first kappa shape index (κ1) is 16.2. The second kappa shape index (κ2) is 10.00. The molecule has 0 aromatic heterocycles. The maximum absolute atomic E-state index is 10.8. The topological polar surface area (TPSA) is 54.0 Å². The molecule has 0 radical (unpaired) electrons. The van der Waals surface area contributed by atoms with Crippen LogP contribution in [-0.4, -0.2) is 38.7 Å². The zero-order valence-electron chi connectivity index (χ0n) is 11.6. The first-order valence-corrected chi connectivity index (χ1v) is 6.46. The van der Waals surface area contributed by atoms with Crippen molar-refractivity contribution in [2.75, 3.05) is 26.4 Å². The molecule has 0 spiro atoms. The van der Waals surface area contributed by atoms with Gasteiger partial charge in [0.1, 0.15) is 19.0 Å². The van der Waals surface area contributed by atoms with Crippen LogP contribution in [-0.2, 0) is 19.0 Å². The van der Waals surface area contributed by atoms with Gasteiger partial charge in [-0.1, -0.05) is 24.8 Å². The highest BCUT2D eigenvalue weighted by atomic mass is 16.7. The summed E-state index contributed by atoms with van der Waals surface area (Å²) in [7, 11) is 0. The Morgan fingerprint density at radius 1 is 1.30 bits per heavy atom. The molecular weight excluding hydrogens is 260 g/mol. The number of rotatable bonds is 10. The number of carbonyl (C=O) groups excluding carboxylic acids is 1. The van der Waals surface area contributed by atoms with E-state index in [0.717, 1.165) is 6.08 Å². The number of hydrogen-bond acceptors (Lipinski definition) is 5. The Balaban J connectivity index is 2.25. The van der Waals surface area contributed by atoms with E-state index in [1.54, 1.807) is 0 Å². The van der Waals surface area contributed by atoms with Gasteiger partial charge in [-0.3, -0.25) is 0 Å². The van der Waals surface area contributed by atoms with Gasteiger partial charge in [0.2, 0.25) is 6.29 Å². The van der Waals surface area contributed by atoms with E-state index < -0.39 is 12.3 Å². The van der Waals surface area contributed by atoms with Crippen LogP contribution in [0.4, 0.5) is 0 Å². The average molecular weight is 280 g/mol. The van der Waals surface area contributed by atoms with Crippen LogP contribution in [0, 0.1) is 0 Å². The summed E-state index contributed by atoms with van der Waals surface area (Å²) in [6.45, 7) is 6.42. The lowest BCUT2D eigenvalue weighted by Gasteiger charge is -2.18. The molecule has 0 aliphatic carbocycles. The van der Waals surface area contributed by atoms with Crippen molar-refractivity contribution in [1.29, 1.82) is 0 Å². The summed E-state index contributed by atoms with van der Waals surface area (Å²) in [4.78, 5) is 10.8. The van der Waals surface area contributed by atoms with Gasteiger partial charge in [-0.15, -0.1) is 0 Å². The van der Waals surface area contributed by atoms with Crippen LogP contribution in [0.1, 0.15) is 6.92 Å². The van der Waals surface area contributed by atoms with E-state index in [-0.39, 0.29) is 19.8 Å². The van der Waals surface area contributed by atoms with Gasteiger partial charge in [-0.05, 0) is 19.1 Å². The monoisotopic (exact) mass is 280 g/mol. The van der Waals surface area contributed by atoms with Crippen molar-refractivity contribution in [2.24, 2.45) is 0 Å². The van der Waals surface area contributed by atoms with Crippen molar-refractivity contribution in [1.82, 2.24) is 0 Å². The summed E-state index contributed by atoms with van der Waals surface area (Å²) in [6, 6.07) is 9.37. The molecule has 0 N–H and O–H groups in total. The van der Waals surface area contributed by atoms with Gasteiger partial charge in [-0.2, -0.15) is 0 Å². The van der Waals surface area contributed by atoms with Crippen LogP contribution in [0.25, 0.3) is 0 Å². The molecule has 0 heterocycles. The summed E-state index contributed by atoms with van der Waals surface area (Å²) in [6.07, 6.45) is 0.624. The molecule has 0 amide bonds. The van der Waals surface area contributed by atoms with E-state index in [4.69, 9.17) is 18.9 Å². The fraction of sp³-hybridized carbons (Fsp3) is 0.400. The van der Waals surface area contributed by atoms with Crippen LogP contribution in [0.2, 0.25) is 0 Å². The molecule has 0 saturated heterocycles. The van der Waals surface area contributed by atoms with Crippen molar-refractivity contribution in [3.8, 4) is 5.75 Å². The van der Waals surface area contributed by atoms with Gasteiger partial charge >= 0.3 is 5.97 Å². The molecule has 110 valence electrons. The molecule has 0 aliphatic rings. The smallest absolute Gasteiger partial charge is 0.330 e. The maximum atomic E-state index is 10.8. The first-order chi connectivity index (χ1) is 9.76. The molecule has 0 aliphatic heterocycles. The zero-order chi connectivity index (χ0) is 14.6. The van der Waals surface area contributed by atoms with Crippen LogP contribution < -0.4 is 4.74 Å². The molecule has 0 saturated carbocycles. The lowest BCUT2D eigenvalue weighted by Crippen LogP contribution is -2.27. The standard InChI is InChI=1S/C15H20O5/c1-3-14(16)19-11-10-17-12-15(18-4-2)20-13-8-6-5-7-9-13/h3,5-9,15H,1,4,10-12H2,2H3. The molecule has 1 unspecified atom stereocenters. The van der Waals surface area contributed by atoms with E-state index in [1.165, 1.54) is 0 Å². The number of esters is 1. The van der Waals surface area contributed by atoms with Crippen LogP contribution in [0.3, 0.4) is 0 Å². The Morgan fingerprint density at radius 2 is 2.05 bits per heavy atom. The molecule has 1 atom stereocenters. The largest absolute Gasteiger partial charge is 0.462 e. The quantitative estimate of drug-likeness (QED) is 0.284. The van der Waals surface area contributed by atoms with Crippen LogP contribution in [0.5, 0.6) is 5.75 Å². The summed E-state index contributed by atoms with van der Waals surface area (Å²) in [5.41, 5.74) is 0. The van der Waals surface area contributed by atoms with E-state index in [1.807, 2.05) is 37.3 Å². The molecule has 0 bridgehead atoms. The van der Waals surface area contributed by atoms with E-state index in [9.17, 15) is 4.79 Å². The highest BCUT2D eigenvalue weighted by molar-refractivity contribution is 5.81. The first-order valence-electron chi connectivity index (χ1n) is 6.46. The van der Waals surface area contributed by atoms with Gasteiger partial charge in [0.25, 0.3) is 0 Å². The summed E-state index contributed by atoms with van der Waals surface area (Å²) in [5, 5.41) is 0. The van der Waals surface area contributed by atoms with Crippen molar-refractivity contribution >= 4 is 5.97 Å². The third-order valence-electron chi connectivity index (χ3n) is 2.26. The highest BCUT2D eigenvalue weighted by Gasteiger charge is 2.10. The Hall–Kier alpha value is -1.85. The molecule has 0 fully saturated rings. The van der Waals surface area contributed by atoms with E-state index in [2.05, 4.69) is 6.58 Å². The second-order valence-electron chi connectivity index (χ2n) is 3.76. The SMILES string of the molecule is C=CC(=O)OCCOCC(OCC)Oc1ccccc1. The summed E-state index contributed by atoms with van der Waals surface area (Å²) < 4.78 is 21.2. The Labute approximate surface area is 119 Å². The predicted molar refractivity (Wildman–Crippen MR) is 74.5 cm³/mol. The highest BCUT2D eigenvalue weighted by Crippen LogP contribution is 2.11. The van der Waals surface area contributed by atoms with Gasteiger partial charge in [0.15, 0.2) is 0 Å². The molecule has 1 aromatic rings. The predicted octanol–water partition coefficient (Wildman–Crippen LogP) is 2.17. The Bertz CT molecular complexity index is 391. The lowest BCUT2D eigenvalue weighted by atomic mass is 10.3. The molecule has 20 heavy (non-hydrogen) atoms. The van der Waals surface area contributed by atoms with Gasteiger partial charge in [0.05, 0.1) is 6.61 Å². The minimum absolute atomic E-state index is 0.176. The van der Waals surface area contributed by atoms with Crippen LogP contribution >= 0.6 is 0 Å². The van der Waals surface area contributed by atoms with Crippen LogP contribution in [0.15, 0.2) is 43.0 Å². The van der Waals surface area contributed by atoms with E-state index >= 15 is 0 Å². The van der Waals surface area contributed by atoms with Crippen molar-refractivity contribution < 1.29 is 23.7 Å². The fourth-order valence-corrected chi connectivity index (χ4v) is 1.39. The number of hydrogen-bond donors (Lipinski definition) is 0. The molecular formula is C15H20O5. The number of benzene rings is 1. The number of para-hydroxylation sites is 1. The number of carbonyl (C=O) groups is 1. The number of ether oxygens (including phenoxy) is 4. The molecule has 1 aromatic carbocycles. The lowest BCUT2D eigenvalue weighted by molar-refractivity contribution is -0.142. The normalized spacial score (nSPS) is 11.7. The Morgan fingerprint density at radius 3 is 2.70 bits per heavy atom. The van der Waals surface area contributed by atoms with Gasteiger partial charge < -0.3 is 18.9 Å². The molecule has 5 heteroatoms. The average Bonchev–Trinajstić information content (AvgIpc) is 2.47. The zero-order valence-corrected chi connectivity index (χ0v) is 11.6. The van der Waals surface area contributed by atoms with E-state index in [0.29, 0.717) is 12.4 Å².